The number of urea groups is 1. The minimum absolute atomic E-state index is 0.0256. The molecule has 12 heteroatoms. The van der Waals surface area contributed by atoms with Gasteiger partial charge in [0, 0.05) is 31.5 Å². The van der Waals surface area contributed by atoms with Crippen LogP contribution in [0.1, 0.15) is 62.4 Å². The van der Waals surface area contributed by atoms with Crippen molar-refractivity contribution in [3.8, 4) is 5.88 Å². The Balaban J connectivity index is 1.65. The molecule has 1 aliphatic heterocycles. The van der Waals surface area contributed by atoms with Crippen molar-refractivity contribution in [2.45, 2.75) is 77.6 Å². The maximum absolute atomic E-state index is 13.4. The molecule has 0 radical (unpaired) electrons. The maximum Gasteiger partial charge on any atom is 0.323 e. The molecule has 3 N–H and O–H groups in total. The van der Waals surface area contributed by atoms with Crippen LogP contribution >= 0.6 is 0 Å². The van der Waals surface area contributed by atoms with Gasteiger partial charge in [-0.25, -0.2) is 13.6 Å². The van der Waals surface area contributed by atoms with E-state index in [9.17, 15) is 28.3 Å². The van der Waals surface area contributed by atoms with E-state index >= 15 is 0 Å². The Morgan fingerprint density at radius 3 is 2.52 bits per heavy atom. The summed E-state index contributed by atoms with van der Waals surface area (Å²) >= 11 is 0. The number of hydrogen-bond acceptors (Lipinski definition) is 5. The van der Waals surface area contributed by atoms with Crippen molar-refractivity contribution < 1.29 is 23.5 Å². The smallest absolute Gasteiger partial charge is 0.323 e. The molecule has 3 amide bonds. The van der Waals surface area contributed by atoms with Gasteiger partial charge in [0.05, 0.1) is 12.1 Å². The molecule has 0 unspecified atom stereocenters. The first kappa shape index (κ1) is 21.7. The highest BCUT2D eigenvalue weighted by atomic mass is 19.3. The van der Waals surface area contributed by atoms with Crippen LogP contribution < -0.4 is 16.2 Å². The topological polar surface area (TPSA) is 121 Å². The van der Waals surface area contributed by atoms with Crippen LogP contribution in [0.2, 0.25) is 0 Å². The van der Waals surface area contributed by atoms with Crippen molar-refractivity contribution in [3.63, 3.8) is 0 Å². The van der Waals surface area contributed by atoms with Crippen molar-refractivity contribution in [1.82, 2.24) is 24.4 Å². The number of anilines is 1. The fourth-order valence-electron chi connectivity index (χ4n) is 4.41. The fourth-order valence-corrected chi connectivity index (χ4v) is 4.41. The molecule has 178 valence electrons. The number of amides is 3. The van der Waals surface area contributed by atoms with Gasteiger partial charge in [0.1, 0.15) is 5.65 Å². The predicted octanol–water partition coefficient (Wildman–Crippen LogP) is 2.29. The first-order valence-corrected chi connectivity index (χ1v) is 11.0. The number of carbonyl (C=O) groups excluding carboxylic acids is 2. The molecule has 33 heavy (non-hydrogen) atoms. The van der Waals surface area contributed by atoms with Crippen molar-refractivity contribution in [2.24, 2.45) is 5.41 Å². The lowest BCUT2D eigenvalue weighted by Gasteiger charge is -2.43. The van der Waals surface area contributed by atoms with E-state index < -0.39 is 53.7 Å². The van der Waals surface area contributed by atoms with Crippen LogP contribution in [0, 0.1) is 5.41 Å². The van der Waals surface area contributed by atoms with E-state index in [0.29, 0.717) is 5.56 Å². The summed E-state index contributed by atoms with van der Waals surface area (Å²) in [5.74, 6) is -3.86. The van der Waals surface area contributed by atoms with Crippen LogP contribution in [-0.4, -0.2) is 54.1 Å². The third-order valence-electron chi connectivity index (χ3n) is 6.19. The second-order valence-electron chi connectivity index (χ2n) is 10.4. The zero-order chi connectivity index (χ0) is 23.9. The number of nitrogens with zero attached hydrogens (tertiary/aromatic N) is 4. The third kappa shape index (κ3) is 3.70. The molecule has 2 saturated carbocycles. The van der Waals surface area contributed by atoms with Gasteiger partial charge < -0.3 is 15.3 Å². The highest BCUT2D eigenvalue weighted by Crippen LogP contribution is 2.43. The number of alkyl halides is 2. The molecule has 2 aromatic heterocycles. The van der Waals surface area contributed by atoms with Gasteiger partial charge in [-0.1, -0.05) is 20.8 Å². The molecule has 0 atom stereocenters. The average molecular weight is 464 g/mol. The summed E-state index contributed by atoms with van der Waals surface area (Å²) in [5.41, 5.74) is -0.934. The molecule has 0 spiro atoms. The summed E-state index contributed by atoms with van der Waals surface area (Å²) in [4.78, 5) is 39.9. The van der Waals surface area contributed by atoms with Crippen LogP contribution in [0.5, 0.6) is 5.88 Å². The van der Waals surface area contributed by atoms with Gasteiger partial charge >= 0.3 is 6.03 Å². The minimum Gasteiger partial charge on any atom is -0.494 e. The van der Waals surface area contributed by atoms with Crippen LogP contribution in [0.4, 0.5) is 19.4 Å². The van der Waals surface area contributed by atoms with Gasteiger partial charge in [0.2, 0.25) is 5.88 Å². The molecule has 0 aromatic carbocycles. The van der Waals surface area contributed by atoms with Crippen LogP contribution in [-0.2, 0) is 13.1 Å². The summed E-state index contributed by atoms with van der Waals surface area (Å²) in [7, 11) is 0. The third-order valence-corrected chi connectivity index (χ3v) is 6.19. The number of carbonyl (C=O) groups is 2. The van der Waals surface area contributed by atoms with Crippen LogP contribution in [0.15, 0.2) is 4.79 Å². The Bertz CT molecular complexity index is 1230. The SMILES string of the molecule is CC(C)(C)Cn1c(O)c(C(=O)NC2CC2)c(=O)n2nc3c(c12)CN(C1CC(F)(F)C1)C(=O)N3. The first-order valence-electron chi connectivity index (χ1n) is 11.0. The molecule has 2 fully saturated rings. The molecule has 5 rings (SSSR count). The Kier molecular flexibility index (Phi) is 4.53. The number of aromatic nitrogens is 3. The zero-order valence-corrected chi connectivity index (χ0v) is 18.6. The Labute approximate surface area is 187 Å². The van der Waals surface area contributed by atoms with Crippen LogP contribution in [0.3, 0.4) is 0 Å². The van der Waals surface area contributed by atoms with E-state index in [-0.39, 0.29) is 36.0 Å². The lowest BCUT2D eigenvalue weighted by molar-refractivity contribution is -0.115. The molecule has 0 bridgehead atoms. The molecular weight excluding hydrogens is 438 g/mol. The predicted molar refractivity (Wildman–Crippen MR) is 114 cm³/mol. The minimum atomic E-state index is -2.80. The fraction of sp³-hybridized carbons (Fsp3) is 0.619. The van der Waals surface area contributed by atoms with Gasteiger partial charge in [-0.3, -0.25) is 19.5 Å². The van der Waals surface area contributed by atoms with E-state index in [1.54, 1.807) is 0 Å². The van der Waals surface area contributed by atoms with Crippen molar-refractivity contribution in [1.29, 1.82) is 0 Å². The monoisotopic (exact) mass is 464 g/mol. The largest absolute Gasteiger partial charge is 0.494 e. The second kappa shape index (κ2) is 6.91. The van der Waals surface area contributed by atoms with E-state index in [0.717, 1.165) is 17.4 Å². The standard InChI is InChI=1S/C21H26F2N6O4/c1-20(2,3)9-28-16-12-8-27(11-6-21(22,23)7-11)19(33)25-14(12)26-29(16)18(32)13(17(28)31)15(30)24-10-4-5-10/h10-11,31H,4-9H2,1-3H3,(H,24,30)(H,25,26,33). The molecule has 0 saturated heterocycles. The number of halogens is 2. The number of aromatic hydroxyl groups is 1. The summed E-state index contributed by atoms with van der Waals surface area (Å²) in [5, 5.41) is 20.6. The number of rotatable bonds is 4. The number of fused-ring (bicyclic) bond motifs is 3. The molecule has 3 aliphatic rings. The molecule has 2 aliphatic carbocycles. The van der Waals surface area contributed by atoms with Gasteiger partial charge in [0.25, 0.3) is 17.4 Å². The highest BCUT2D eigenvalue weighted by Gasteiger charge is 2.50. The summed E-state index contributed by atoms with van der Waals surface area (Å²) in [6.45, 7) is 5.98. The van der Waals surface area contributed by atoms with E-state index in [4.69, 9.17) is 0 Å². The Hall–Kier alpha value is -3.18. The van der Waals surface area contributed by atoms with Crippen molar-refractivity contribution >= 4 is 23.4 Å². The van der Waals surface area contributed by atoms with E-state index in [2.05, 4.69) is 15.7 Å². The molecular formula is C21H26F2N6O4. The van der Waals surface area contributed by atoms with Crippen LogP contribution in [0.25, 0.3) is 5.65 Å². The van der Waals surface area contributed by atoms with Crippen molar-refractivity contribution in [3.05, 3.63) is 21.5 Å². The molecule has 2 aromatic rings. The first-order chi connectivity index (χ1) is 15.3. The average Bonchev–Trinajstić information content (AvgIpc) is 3.40. The Morgan fingerprint density at radius 2 is 1.94 bits per heavy atom. The number of nitrogens with one attached hydrogen (secondary N) is 2. The van der Waals surface area contributed by atoms with Gasteiger partial charge in [-0.15, -0.1) is 5.10 Å². The maximum atomic E-state index is 13.4. The molecule has 3 heterocycles. The van der Waals surface area contributed by atoms with Gasteiger partial charge in [0.15, 0.2) is 11.4 Å². The van der Waals surface area contributed by atoms with Crippen molar-refractivity contribution in [2.75, 3.05) is 5.32 Å². The Morgan fingerprint density at radius 1 is 1.27 bits per heavy atom. The number of hydrogen-bond donors (Lipinski definition) is 3. The van der Waals surface area contributed by atoms with E-state index in [1.165, 1.54) is 9.47 Å². The lowest BCUT2D eigenvalue weighted by Crippen LogP contribution is -2.55. The highest BCUT2D eigenvalue weighted by molar-refractivity contribution is 5.97. The quantitative estimate of drug-likeness (QED) is 0.641. The normalized spacial score (nSPS) is 20.4. The zero-order valence-electron chi connectivity index (χ0n) is 18.6. The summed E-state index contributed by atoms with van der Waals surface area (Å²) < 4.78 is 29.3. The summed E-state index contributed by atoms with van der Waals surface area (Å²) in [6.07, 6.45) is 0.757. The summed E-state index contributed by atoms with van der Waals surface area (Å²) in [6, 6.07) is -1.23. The van der Waals surface area contributed by atoms with Gasteiger partial charge in [-0.05, 0) is 18.3 Å². The van der Waals surface area contributed by atoms with E-state index in [1.807, 2.05) is 20.8 Å². The molecule has 10 nitrogen and oxygen atoms in total. The lowest BCUT2D eigenvalue weighted by atomic mass is 9.86. The second-order valence-corrected chi connectivity index (χ2v) is 10.4. The van der Waals surface area contributed by atoms with Gasteiger partial charge in [-0.2, -0.15) is 4.52 Å².